The van der Waals surface area contributed by atoms with Crippen molar-refractivity contribution in [2.45, 2.75) is 26.3 Å². The number of nitrogens with one attached hydrogen (secondary N) is 2. The van der Waals surface area contributed by atoms with Crippen molar-refractivity contribution >= 4 is 34.9 Å². The molecule has 5 nitrogen and oxygen atoms in total. The van der Waals surface area contributed by atoms with E-state index in [0.717, 1.165) is 6.54 Å². The number of amides is 1. The molecule has 0 aliphatic rings. The standard InChI is InChI=1S/C10H14Cl2N4O/c1-3-13-6(2)4-9(17)15-8-5-7(11)14-10(12)16-8/h5-6,13H,3-4H2,1-2H3,(H,14,15,16,17). The van der Waals surface area contributed by atoms with Crippen LogP contribution in [0.2, 0.25) is 10.4 Å². The summed E-state index contributed by atoms with van der Waals surface area (Å²) in [5, 5.41) is 5.95. The number of aromatic nitrogens is 2. The topological polar surface area (TPSA) is 66.9 Å². The Hall–Kier alpha value is -0.910. The SMILES string of the molecule is CCNC(C)CC(=O)Nc1cc(Cl)nc(Cl)n1. The van der Waals surface area contributed by atoms with Gasteiger partial charge in [0.25, 0.3) is 0 Å². The van der Waals surface area contributed by atoms with E-state index in [1.54, 1.807) is 0 Å². The fourth-order valence-electron chi connectivity index (χ4n) is 1.35. The number of nitrogens with zero attached hydrogens (tertiary/aromatic N) is 2. The first-order valence-electron chi connectivity index (χ1n) is 5.24. The Labute approximate surface area is 110 Å². The van der Waals surface area contributed by atoms with Gasteiger partial charge >= 0.3 is 0 Å². The highest BCUT2D eigenvalue weighted by Crippen LogP contribution is 2.14. The average molecular weight is 277 g/mol. The third-order valence-electron chi connectivity index (χ3n) is 1.98. The monoisotopic (exact) mass is 276 g/mol. The van der Waals surface area contributed by atoms with Crippen LogP contribution in [-0.2, 0) is 4.79 Å². The van der Waals surface area contributed by atoms with Crippen molar-refractivity contribution in [3.8, 4) is 0 Å². The largest absolute Gasteiger partial charge is 0.314 e. The van der Waals surface area contributed by atoms with Crippen LogP contribution in [0.3, 0.4) is 0 Å². The predicted octanol–water partition coefficient (Wildman–Crippen LogP) is 2.11. The summed E-state index contributed by atoms with van der Waals surface area (Å²) in [6, 6.07) is 1.55. The lowest BCUT2D eigenvalue weighted by atomic mass is 10.2. The van der Waals surface area contributed by atoms with Gasteiger partial charge < -0.3 is 10.6 Å². The Bertz CT molecular complexity index is 380. The molecule has 17 heavy (non-hydrogen) atoms. The molecule has 1 rings (SSSR count). The first-order valence-corrected chi connectivity index (χ1v) is 6.00. The summed E-state index contributed by atoms with van der Waals surface area (Å²) < 4.78 is 0. The Morgan fingerprint density at radius 2 is 2.18 bits per heavy atom. The van der Waals surface area contributed by atoms with Crippen LogP contribution in [0, 0.1) is 0 Å². The quantitative estimate of drug-likeness (QED) is 0.639. The Kier molecular flexibility index (Phi) is 5.61. The van der Waals surface area contributed by atoms with Gasteiger partial charge in [0.15, 0.2) is 0 Å². The third-order valence-corrected chi connectivity index (χ3v) is 2.34. The van der Waals surface area contributed by atoms with Gasteiger partial charge in [0.2, 0.25) is 11.2 Å². The molecule has 1 atom stereocenters. The second kappa shape index (κ2) is 6.74. The molecular formula is C10H14Cl2N4O. The van der Waals surface area contributed by atoms with E-state index in [2.05, 4.69) is 20.6 Å². The number of carbonyl (C=O) groups is 1. The van der Waals surface area contributed by atoms with Gasteiger partial charge in [0.05, 0.1) is 0 Å². The summed E-state index contributed by atoms with van der Waals surface area (Å²) in [6.45, 7) is 4.74. The minimum Gasteiger partial charge on any atom is -0.314 e. The van der Waals surface area contributed by atoms with Gasteiger partial charge in [-0.3, -0.25) is 4.79 Å². The maximum absolute atomic E-state index is 11.6. The molecule has 0 aromatic carbocycles. The molecule has 0 aliphatic heterocycles. The highest BCUT2D eigenvalue weighted by atomic mass is 35.5. The van der Waals surface area contributed by atoms with Crippen LogP contribution in [0.15, 0.2) is 6.07 Å². The van der Waals surface area contributed by atoms with Crippen molar-refractivity contribution < 1.29 is 4.79 Å². The molecule has 94 valence electrons. The van der Waals surface area contributed by atoms with E-state index < -0.39 is 0 Å². The van der Waals surface area contributed by atoms with Crippen molar-refractivity contribution in [3.63, 3.8) is 0 Å². The van der Waals surface area contributed by atoms with Gasteiger partial charge in [-0.2, -0.15) is 0 Å². The minimum atomic E-state index is -0.149. The summed E-state index contributed by atoms with van der Waals surface area (Å²) in [5.74, 6) is 0.160. The summed E-state index contributed by atoms with van der Waals surface area (Å²) in [6.07, 6.45) is 0.354. The molecule has 1 unspecified atom stereocenters. The Morgan fingerprint density at radius 3 is 2.76 bits per heavy atom. The zero-order valence-electron chi connectivity index (χ0n) is 9.63. The fraction of sp³-hybridized carbons (Fsp3) is 0.500. The molecule has 0 aliphatic carbocycles. The predicted molar refractivity (Wildman–Crippen MR) is 68.4 cm³/mol. The summed E-state index contributed by atoms with van der Waals surface area (Å²) in [4.78, 5) is 19.2. The van der Waals surface area contributed by atoms with Crippen LogP contribution in [0.4, 0.5) is 5.82 Å². The van der Waals surface area contributed by atoms with Crippen LogP contribution in [-0.4, -0.2) is 28.5 Å². The third kappa shape index (κ3) is 5.30. The minimum absolute atomic E-state index is 0.00697. The zero-order valence-corrected chi connectivity index (χ0v) is 11.1. The number of anilines is 1. The highest BCUT2D eigenvalue weighted by Gasteiger charge is 2.09. The van der Waals surface area contributed by atoms with Crippen LogP contribution >= 0.6 is 23.2 Å². The van der Waals surface area contributed by atoms with E-state index in [9.17, 15) is 4.79 Å². The first kappa shape index (κ1) is 14.2. The van der Waals surface area contributed by atoms with Gasteiger partial charge in [0, 0.05) is 18.5 Å². The summed E-state index contributed by atoms with van der Waals surface area (Å²) in [5.41, 5.74) is 0. The molecule has 7 heteroatoms. The molecule has 1 amide bonds. The fourth-order valence-corrected chi connectivity index (χ4v) is 1.76. The van der Waals surface area contributed by atoms with E-state index in [1.165, 1.54) is 6.07 Å². The molecule has 0 bridgehead atoms. The molecule has 1 aromatic rings. The summed E-state index contributed by atoms with van der Waals surface area (Å²) in [7, 11) is 0. The molecule has 0 saturated heterocycles. The number of hydrogen-bond acceptors (Lipinski definition) is 4. The lowest BCUT2D eigenvalue weighted by Gasteiger charge is -2.11. The molecule has 1 heterocycles. The lowest BCUT2D eigenvalue weighted by molar-refractivity contribution is -0.116. The van der Waals surface area contributed by atoms with E-state index >= 15 is 0 Å². The number of halogens is 2. The van der Waals surface area contributed by atoms with Crippen molar-refractivity contribution in [2.24, 2.45) is 0 Å². The second-order valence-corrected chi connectivity index (χ2v) is 4.28. The normalized spacial score (nSPS) is 12.2. The molecule has 0 fully saturated rings. The second-order valence-electron chi connectivity index (χ2n) is 3.56. The summed E-state index contributed by atoms with van der Waals surface area (Å²) >= 11 is 11.3. The Morgan fingerprint density at radius 1 is 1.47 bits per heavy atom. The number of hydrogen-bond donors (Lipinski definition) is 2. The number of carbonyl (C=O) groups excluding carboxylic acids is 1. The van der Waals surface area contributed by atoms with Crippen molar-refractivity contribution in [1.82, 2.24) is 15.3 Å². The van der Waals surface area contributed by atoms with Crippen LogP contribution < -0.4 is 10.6 Å². The van der Waals surface area contributed by atoms with E-state index in [4.69, 9.17) is 23.2 Å². The van der Waals surface area contributed by atoms with Crippen LogP contribution in [0.25, 0.3) is 0 Å². The molecule has 0 saturated carbocycles. The van der Waals surface area contributed by atoms with E-state index in [0.29, 0.717) is 12.2 Å². The van der Waals surface area contributed by atoms with Crippen molar-refractivity contribution in [2.75, 3.05) is 11.9 Å². The van der Waals surface area contributed by atoms with Gasteiger partial charge in [-0.1, -0.05) is 18.5 Å². The Balaban J connectivity index is 2.56. The van der Waals surface area contributed by atoms with Gasteiger partial charge in [-0.15, -0.1) is 0 Å². The molecular weight excluding hydrogens is 263 g/mol. The van der Waals surface area contributed by atoms with Gasteiger partial charge in [-0.05, 0) is 25.1 Å². The lowest BCUT2D eigenvalue weighted by Crippen LogP contribution is -2.30. The van der Waals surface area contributed by atoms with Crippen molar-refractivity contribution in [1.29, 1.82) is 0 Å². The van der Waals surface area contributed by atoms with E-state index in [-0.39, 0.29) is 22.4 Å². The highest BCUT2D eigenvalue weighted by molar-refractivity contribution is 6.32. The van der Waals surface area contributed by atoms with Crippen molar-refractivity contribution in [3.05, 3.63) is 16.5 Å². The molecule has 2 N–H and O–H groups in total. The first-order chi connectivity index (χ1) is 8.01. The van der Waals surface area contributed by atoms with E-state index in [1.807, 2.05) is 13.8 Å². The van der Waals surface area contributed by atoms with Gasteiger partial charge in [-0.25, -0.2) is 9.97 Å². The maximum atomic E-state index is 11.6. The smallest absolute Gasteiger partial charge is 0.227 e. The number of rotatable bonds is 5. The molecule has 0 spiro atoms. The zero-order chi connectivity index (χ0) is 12.8. The van der Waals surface area contributed by atoms with Gasteiger partial charge in [0.1, 0.15) is 11.0 Å². The molecule has 1 aromatic heterocycles. The average Bonchev–Trinajstić information content (AvgIpc) is 2.14. The molecule has 0 radical (unpaired) electrons. The van der Waals surface area contributed by atoms with Crippen LogP contribution in [0.1, 0.15) is 20.3 Å². The van der Waals surface area contributed by atoms with Crippen LogP contribution in [0.5, 0.6) is 0 Å². The maximum Gasteiger partial charge on any atom is 0.227 e.